The lowest BCUT2D eigenvalue weighted by Gasteiger charge is -2.34. The molecule has 0 atom stereocenters. The monoisotopic (exact) mass is 321 g/mol. The van der Waals surface area contributed by atoms with E-state index in [4.69, 9.17) is 9.47 Å². The van der Waals surface area contributed by atoms with Gasteiger partial charge >= 0.3 is 12.1 Å². The molecule has 3 amide bonds. The van der Waals surface area contributed by atoms with Crippen LogP contribution in [-0.2, 0) is 4.74 Å². The van der Waals surface area contributed by atoms with Gasteiger partial charge in [0.25, 0.3) is 0 Å². The van der Waals surface area contributed by atoms with Crippen LogP contribution < -0.4 is 10.1 Å². The van der Waals surface area contributed by atoms with Gasteiger partial charge in [0.1, 0.15) is 5.75 Å². The molecule has 126 valence electrons. The molecule has 0 radical (unpaired) electrons. The summed E-state index contributed by atoms with van der Waals surface area (Å²) < 4.78 is 10.2. The van der Waals surface area contributed by atoms with Crippen molar-refractivity contribution in [1.29, 1.82) is 0 Å². The van der Waals surface area contributed by atoms with Gasteiger partial charge in [0.05, 0.1) is 19.4 Å². The Kier molecular flexibility index (Phi) is 5.67. The molecule has 0 unspecified atom stereocenters. The number of amides is 3. The topological polar surface area (TPSA) is 71.1 Å². The van der Waals surface area contributed by atoms with Gasteiger partial charge in [-0.05, 0) is 31.5 Å². The maximum atomic E-state index is 12.4. The molecule has 0 saturated carbocycles. The number of hydrogen-bond donors (Lipinski definition) is 1. The molecule has 7 heteroatoms. The average Bonchev–Trinajstić information content (AvgIpc) is 2.55. The molecule has 0 bridgehead atoms. The van der Waals surface area contributed by atoms with E-state index in [0.29, 0.717) is 44.2 Å². The number of urea groups is 1. The van der Waals surface area contributed by atoms with Crippen molar-refractivity contribution in [3.05, 3.63) is 23.8 Å². The fourth-order valence-corrected chi connectivity index (χ4v) is 2.42. The first kappa shape index (κ1) is 16.9. The van der Waals surface area contributed by atoms with Crippen LogP contribution >= 0.6 is 0 Å². The molecular weight excluding hydrogens is 298 g/mol. The SMILES string of the molecule is CCOC(=O)N1CCN(C(=O)Nc2cc(C)ccc2OC)CC1. The van der Waals surface area contributed by atoms with Gasteiger partial charge in [0.2, 0.25) is 0 Å². The van der Waals surface area contributed by atoms with Gasteiger partial charge in [0.15, 0.2) is 0 Å². The van der Waals surface area contributed by atoms with Crippen molar-refractivity contribution in [2.24, 2.45) is 0 Å². The number of nitrogens with zero attached hydrogens (tertiary/aromatic N) is 2. The summed E-state index contributed by atoms with van der Waals surface area (Å²) in [6, 6.07) is 5.42. The highest BCUT2D eigenvalue weighted by atomic mass is 16.6. The first-order valence-corrected chi connectivity index (χ1v) is 7.67. The van der Waals surface area contributed by atoms with Gasteiger partial charge in [-0.25, -0.2) is 9.59 Å². The summed E-state index contributed by atoms with van der Waals surface area (Å²) in [5, 5.41) is 2.87. The number of nitrogens with one attached hydrogen (secondary N) is 1. The number of benzene rings is 1. The van der Waals surface area contributed by atoms with E-state index >= 15 is 0 Å². The van der Waals surface area contributed by atoms with Crippen molar-refractivity contribution in [1.82, 2.24) is 9.80 Å². The van der Waals surface area contributed by atoms with Gasteiger partial charge < -0.3 is 24.6 Å². The zero-order valence-electron chi connectivity index (χ0n) is 13.8. The van der Waals surface area contributed by atoms with Gasteiger partial charge in [0, 0.05) is 26.2 Å². The van der Waals surface area contributed by atoms with E-state index in [2.05, 4.69) is 5.32 Å². The van der Waals surface area contributed by atoms with Crippen LogP contribution in [-0.4, -0.2) is 61.8 Å². The van der Waals surface area contributed by atoms with E-state index in [0.717, 1.165) is 5.56 Å². The summed E-state index contributed by atoms with van der Waals surface area (Å²) in [4.78, 5) is 27.3. The molecule has 23 heavy (non-hydrogen) atoms. The third-order valence-electron chi connectivity index (χ3n) is 3.69. The molecule has 1 N–H and O–H groups in total. The number of carbonyl (C=O) groups is 2. The fraction of sp³-hybridized carbons (Fsp3) is 0.500. The van der Waals surface area contributed by atoms with Crippen LogP contribution in [0, 0.1) is 6.92 Å². The summed E-state index contributed by atoms with van der Waals surface area (Å²) in [6.07, 6.45) is -0.326. The maximum absolute atomic E-state index is 12.4. The molecule has 1 heterocycles. The predicted octanol–water partition coefficient (Wildman–Crippen LogP) is 2.31. The first-order chi connectivity index (χ1) is 11.0. The van der Waals surface area contributed by atoms with E-state index < -0.39 is 0 Å². The minimum absolute atomic E-state index is 0.197. The standard InChI is InChI=1S/C16H23N3O4/c1-4-23-16(21)19-9-7-18(8-10-19)15(20)17-13-11-12(2)5-6-14(13)22-3/h5-6,11H,4,7-10H2,1-3H3,(H,17,20). The van der Waals surface area contributed by atoms with Crippen LogP contribution in [0.3, 0.4) is 0 Å². The summed E-state index contributed by atoms with van der Waals surface area (Å²) in [5.74, 6) is 0.620. The summed E-state index contributed by atoms with van der Waals surface area (Å²) in [7, 11) is 1.57. The quantitative estimate of drug-likeness (QED) is 0.927. The smallest absolute Gasteiger partial charge is 0.409 e. The van der Waals surface area contributed by atoms with Crippen LogP contribution in [0.5, 0.6) is 5.75 Å². The molecule has 0 spiro atoms. The van der Waals surface area contributed by atoms with E-state index in [1.807, 2.05) is 25.1 Å². The Morgan fingerprint density at radius 1 is 1.17 bits per heavy atom. The normalized spacial score (nSPS) is 14.4. The largest absolute Gasteiger partial charge is 0.495 e. The number of hydrogen-bond acceptors (Lipinski definition) is 4. The molecule has 1 fully saturated rings. The lowest BCUT2D eigenvalue weighted by atomic mass is 10.2. The molecule has 7 nitrogen and oxygen atoms in total. The zero-order chi connectivity index (χ0) is 16.8. The second kappa shape index (κ2) is 7.71. The summed E-state index contributed by atoms with van der Waals surface area (Å²) in [6.45, 7) is 5.96. The molecule has 1 aliphatic heterocycles. The van der Waals surface area contributed by atoms with Gasteiger partial charge in [-0.3, -0.25) is 0 Å². The molecule has 0 aromatic heterocycles. The number of anilines is 1. The highest BCUT2D eigenvalue weighted by molar-refractivity contribution is 5.91. The van der Waals surface area contributed by atoms with Gasteiger partial charge in [-0.2, -0.15) is 0 Å². The molecule has 0 aliphatic carbocycles. The Bertz CT molecular complexity index is 568. The highest BCUT2D eigenvalue weighted by Crippen LogP contribution is 2.25. The number of carbonyl (C=O) groups excluding carboxylic acids is 2. The van der Waals surface area contributed by atoms with Crippen LogP contribution in [0.4, 0.5) is 15.3 Å². The number of methoxy groups -OCH3 is 1. The molecule has 2 rings (SSSR count). The molecule has 1 saturated heterocycles. The van der Waals surface area contributed by atoms with E-state index in [1.54, 1.807) is 23.8 Å². The Hall–Kier alpha value is -2.44. The third kappa shape index (κ3) is 4.28. The van der Waals surface area contributed by atoms with E-state index in [1.165, 1.54) is 0 Å². The van der Waals surface area contributed by atoms with Gasteiger partial charge in [-0.1, -0.05) is 6.07 Å². The molecule has 1 aromatic rings. The number of piperazine rings is 1. The third-order valence-corrected chi connectivity index (χ3v) is 3.69. The number of rotatable bonds is 3. The predicted molar refractivity (Wildman–Crippen MR) is 86.9 cm³/mol. The second-order valence-electron chi connectivity index (χ2n) is 5.31. The molecule has 1 aliphatic rings. The minimum atomic E-state index is -0.326. The average molecular weight is 321 g/mol. The summed E-state index contributed by atoms with van der Waals surface area (Å²) >= 11 is 0. The maximum Gasteiger partial charge on any atom is 0.409 e. The van der Waals surface area contributed by atoms with Crippen LogP contribution in [0.1, 0.15) is 12.5 Å². The van der Waals surface area contributed by atoms with Crippen molar-refractivity contribution < 1.29 is 19.1 Å². The van der Waals surface area contributed by atoms with E-state index in [-0.39, 0.29) is 12.1 Å². The summed E-state index contributed by atoms with van der Waals surface area (Å²) in [5.41, 5.74) is 1.68. The number of ether oxygens (including phenoxy) is 2. The van der Waals surface area contributed by atoms with Crippen molar-refractivity contribution in [2.75, 3.05) is 45.2 Å². The van der Waals surface area contributed by atoms with Crippen molar-refractivity contribution in [2.45, 2.75) is 13.8 Å². The Balaban J connectivity index is 1.93. The lowest BCUT2D eigenvalue weighted by molar-refractivity contribution is 0.0868. The van der Waals surface area contributed by atoms with Crippen LogP contribution in [0.2, 0.25) is 0 Å². The number of aryl methyl sites for hydroxylation is 1. The van der Waals surface area contributed by atoms with Crippen LogP contribution in [0.15, 0.2) is 18.2 Å². The molecule has 1 aromatic carbocycles. The van der Waals surface area contributed by atoms with E-state index in [9.17, 15) is 9.59 Å². The van der Waals surface area contributed by atoms with Crippen molar-refractivity contribution in [3.63, 3.8) is 0 Å². The van der Waals surface area contributed by atoms with Crippen molar-refractivity contribution >= 4 is 17.8 Å². The van der Waals surface area contributed by atoms with Gasteiger partial charge in [-0.15, -0.1) is 0 Å². The Morgan fingerprint density at radius 2 is 1.83 bits per heavy atom. The second-order valence-corrected chi connectivity index (χ2v) is 5.31. The fourth-order valence-electron chi connectivity index (χ4n) is 2.42. The first-order valence-electron chi connectivity index (χ1n) is 7.67. The Morgan fingerprint density at radius 3 is 2.43 bits per heavy atom. The molecular formula is C16H23N3O4. The zero-order valence-corrected chi connectivity index (χ0v) is 13.8. The Labute approximate surface area is 136 Å². The van der Waals surface area contributed by atoms with Crippen LogP contribution in [0.25, 0.3) is 0 Å². The minimum Gasteiger partial charge on any atom is -0.495 e. The lowest BCUT2D eigenvalue weighted by Crippen LogP contribution is -2.51. The highest BCUT2D eigenvalue weighted by Gasteiger charge is 2.25. The van der Waals surface area contributed by atoms with Crippen molar-refractivity contribution in [3.8, 4) is 5.75 Å².